The van der Waals surface area contributed by atoms with E-state index in [1.54, 1.807) is 30.2 Å². The molecule has 3 rings (SSSR count). The van der Waals surface area contributed by atoms with Crippen LogP contribution in [0, 0.1) is 0 Å². The monoisotopic (exact) mass is 349 g/mol. The second-order valence-electron chi connectivity index (χ2n) is 6.65. The van der Waals surface area contributed by atoms with Crippen molar-refractivity contribution in [1.82, 2.24) is 9.78 Å². The van der Waals surface area contributed by atoms with Gasteiger partial charge in [0.05, 0.1) is 6.20 Å². The van der Waals surface area contributed by atoms with E-state index in [1.807, 2.05) is 18.0 Å². The molecule has 0 amide bonds. The van der Waals surface area contributed by atoms with Gasteiger partial charge in [-0.05, 0) is 29.7 Å². The van der Waals surface area contributed by atoms with Gasteiger partial charge in [0.2, 0.25) is 0 Å². The van der Waals surface area contributed by atoms with Crippen LogP contribution in [0.1, 0.15) is 57.1 Å². The highest BCUT2D eigenvalue weighted by Crippen LogP contribution is 2.38. The first-order valence-corrected chi connectivity index (χ1v) is 9.13. The maximum Gasteiger partial charge on any atom is 0.264 e. The van der Waals surface area contributed by atoms with Crippen LogP contribution in [-0.4, -0.2) is 23.4 Å². The summed E-state index contributed by atoms with van der Waals surface area (Å²) in [5, 5.41) is 4.06. The number of aryl methyl sites for hydroxylation is 1. The molecule has 3 nitrogen and oxygen atoms in total. The molecule has 0 saturated carbocycles. The summed E-state index contributed by atoms with van der Waals surface area (Å²) < 4.78 is 28.2. The number of likely N-dealkylation sites (N-methyl/N-ethyl adjacent to an activating group) is 1. The summed E-state index contributed by atoms with van der Waals surface area (Å²) in [5.74, 6) is 0. The molecular weight excluding hydrogens is 320 g/mol. The van der Waals surface area contributed by atoms with Gasteiger partial charge in [-0.1, -0.05) is 39.5 Å². The number of hydrogen-bond acceptors (Lipinski definition) is 2. The number of benzene rings is 1. The summed E-state index contributed by atoms with van der Waals surface area (Å²) in [7, 11) is 3.72. The molecule has 2 aromatic rings. The fourth-order valence-corrected chi connectivity index (χ4v) is 3.10. The molecule has 5 heteroatoms. The van der Waals surface area contributed by atoms with Crippen LogP contribution in [-0.2, 0) is 13.5 Å². The summed E-state index contributed by atoms with van der Waals surface area (Å²) in [6.07, 6.45) is 7.37. The molecule has 1 aromatic heterocycles. The highest BCUT2D eigenvalue weighted by molar-refractivity contribution is 5.73. The zero-order valence-corrected chi connectivity index (χ0v) is 15.7. The number of alkyl halides is 2. The SMILES string of the molecule is CCCCCC.CN1CCc2cc(-c3cnn(C)c3)c(C(F)F)cc21. The van der Waals surface area contributed by atoms with Crippen molar-refractivity contribution in [2.24, 2.45) is 7.05 Å². The molecule has 0 spiro atoms. The molecule has 138 valence electrons. The van der Waals surface area contributed by atoms with Gasteiger partial charge in [-0.2, -0.15) is 5.10 Å². The van der Waals surface area contributed by atoms with E-state index in [-0.39, 0.29) is 5.56 Å². The average molecular weight is 349 g/mol. The van der Waals surface area contributed by atoms with E-state index in [9.17, 15) is 8.78 Å². The zero-order valence-electron chi connectivity index (χ0n) is 15.7. The van der Waals surface area contributed by atoms with Crippen molar-refractivity contribution in [3.63, 3.8) is 0 Å². The lowest BCUT2D eigenvalue weighted by Gasteiger charge is -2.15. The molecule has 0 aliphatic carbocycles. The average Bonchev–Trinajstić information content (AvgIpc) is 3.18. The standard InChI is InChI=1S/C14H15F2N3.C6H14/c1-18-4-3-9-5-11(10-7-17-19(2)8-10)12(14(15)16)6-13(9)18;1-3-5-6-4-2/h5-8,14H,3-4H2,1-2H3;3-6H2,1-2H3. The van der Waals surface area contributed by atoms with Crippen molar-refractivity contribution in [3.8, 4) is 11.1 Å². The van der Waals surface area contributed by atoms with Crippen LogP contribution in [0.25, 0.3) is 11.1 Å². The Morgan fingerprint density at radius 2 is 1.80 bits per heavy atom. The lowest BCUT2D eigenvalue weighted by molar-refractivity contribution is 0.152. The highest BCUT2D eigenvalue weighted by atomic mass is 19.3. The predicted octanol–water partition coefficient (Wildman–Crippen LogP) is 5.60. The minimum absolute atomic E-state index is 0.0838. The van der Waals surface area contributed by atoms with Gasteiger partial charge in [0.15, 0.2) is 0 Å². The number of unbranched alkanes of at least 4 members (excludes halogenated alkanes) is 3. The number of halogens is 2. The van der Waals surface area contributed by atoms with Crippen LogP contribution in [0.3, 0.4) is 0 Å². The zero-order chi connectivity index (χ0) is 18.4. The van der Waals surface area contributed by atoms with Gasteiger partial charge in [0.1, 0.15) is 0 Å². The Morgan fingerprint density at radius 1 is 1.12 bits per heavy atom. The van der Waals surface area contributed by atoms with E-state index >= 15 is 0 Å². The molecule has 25 heavy (non-hydrogen) atoms. The van der Waals surface area contributed by atoms with Gasteiger partial charge in [0, 0.05) is 43.7 Å². The first kappa shape index (κ1) is 19.4. The first-order chi connectivity index (χ1) is 12.0. The minimum Gasteiger partial charge on any atom is -0.374 e. The minimum atomic E-state index is -2.48. The maximum atomic E-state index is 13.3. The Balaban J connectivity index is 0.000000326. The molecule has 0 fully saturated rings. The fraction of sp³-hybridized carbons (Fsp3) is 0.550. The van der Waals surface area contributed by atoms with E-state index in [0.717, 1.165) is 29.8 Å². The van der Waals surface area contributed by atoms with Gasteiger partial charge < -0.3 is 4.90 Å². The van der Waals surface area contributed by atoms with E-state index < -0.39 is 6.43 Å². The second-order valence-corrected chi connectivity index (χ2v) is 6.65. The lowest BCUT2D eigenvalue weighted by atomic mass is 9.98. The van der Waals surface area contributed by atoms with Crippen molar-refractivity contribution in [2.75, 3.05) is 18.5 Å². The number of rotatable bonds is 5. The third-order valence-corrected chi connectivity index (χ3v) is 4.59. The van der Waals surface area contributed by atoms with Crippen LogP contribution < -0.4 is 4.90 Å². The largest absolute Gasteiger partial charge is 0.374 e. The molecule has 0 atom stereocenters. The van der Waals surface area contributed by atoms with Crippen LogP contribution >= 0.6 is 0 Å². The molecule has 0 N–H and O–H groups in total. The summed E-state index contributed by atoms with van der Waals surface area (Å²) in [6.45, 7) is 5.35. The van der Waals surface area contributed by atoms with Crippen LogP contribution in [0.15, 0.2) is 24.5 Å². The van der Waals surface area contributed by atoms with E-state index in [2.05, 4.69) is 18.9 Å². The number of anilines is 1. The normalized spacial score (nSPS) is 13.0. The van der Waals surface area contributed by atoms with Crippen molar-refractivity contribution in [3.05, 3.63) is 35.7 Å². The Morgan fingerprint density at radius 3 is 2.32 bits per heavy atom. The quantitative estimate of drug-likeness (QED) is 0.655. The summed E-state index contributed by atoms with van der Waals surface area (Å²) in [5.41, 5.74) is 3.47. The van der Waals surface area contributed by atoms with Gasteiger partial charge in [0.25, 0.3) is 6.43 Å². The van der Waals surface area contributed by atoms with Gasteiger partial charge in [-0.3, -0.25) is 4.68 Å². The van der Waals surface area contributed by atoms with Crippen molar-refractivity contribution < 1.29 is 8.78 Å². The van der Waals surface area contributed by atoms with Crippen molar-refractivity contribution in [1.29, 1.82) is 0 Å². The predicted molar refractivity (Wildman–Crippen MR) is 100 cm³/mol. The molecule has 2 heterocycles. The topological polar surface area (TPSA) is 21.1 Å². The molecule has 1 aliphatic rings. The van der Waals surface area contributed by atoms with Crippen LogP contribution in [0.5, 0.6) is 0 Å². The maximum absolute atomic E-state index is 13.3. The fourth-order valence-electron chi connectivity index (χ4n) is 3.10. The highest BCUT2D eigenvalue weighted by Gasteiger charge is 2.23. The van der Waals surface area contributed by atoms with Crippen LogP contribution in [0.4, 0.5) is 14.5 Å². The third-order valence-electron chi connectivity index (χ3n) is 4.59. The second kappa shape index (κ2) is 8.97. The van der Waals surface area contributed by atoms with Crippen molar-refractivity contribution >= 4 is 5.69 Å². The first-order valence-electron chi connectivity index (χ1n) is 9.13. The Kier molecular flexibility index (Phi) is 6.97. The van der Waals surface area contributed by atoms with Gasteiger partial charge >= 0.3 is 0 Å². The third kappa shape index (κ3) is 4.80. The Hall–Kier alpha value is -1.91. The molecule has 1 aliphatic heterocycles. The van der Waals surface area contributed by atoms with Crippen molar-refractivity contribution in [2.45, 2.75) is 52.4 Å². The molecule has 0 saturated heterocycles. The number of nitrogens with zero attached hydrogens (tertiary/aromatic N) is 3. The van der Waals surface area contributed by atoms with E-state index in [1.165, 1.54) is 25.7 Å². The number of hydrogen-bond donors (Lipinski definition) is 0. The molecule has 0 bridgehead atoms. The molecular formula is C20H29F2N3. The summed E-state index contributed by atoms with van der Waals surface area (Å²) in [4.78, 5) is 2.02. The Bertz CT molecular complexity index is 676. The number of fused-ring (bicyclic) bond motifs is 1. The lowest BCUT2D eigenvalue weighted by Crippen LogP contribution is -2.12. The summed E-state index contributed by atoms with van der Waals surface area (Å²) >= 11 is 0. The van der Waals surface area contributed by atoms with E-state index in [0.29, 0.717) is 5.56 Å². The molecule has 1 aromatic carbocycles. The van der Waals surface area contributed by atoms with E-state index in [4.69, 9.17) is 0 Å². The number of aromatic nitrogens is 2. The van der Waals surface area contributed by atoms with Gasteiger partial charge in [-0.25, -0.2) is 8.78 Å². The van der Waals surface area contributed by atoms with Gasteiger partial charge in [-0.15, -0.1) is 0 Å². The smallest absolute Gasteiger partial charge is 0.264 e. The summed E-state index contributed by atoms with van der Waals surface area (Å²) in [6, 6.07) is 3.51. The molecule has 0 unspecified atom stereocenters. The van der Waals surface area contributed by atoms with Crippen LogP contribution in [0.2, 0.25) is 0 Å². The molecule has 0 radical (unpaired) electrons. The Labute approximate surface area is 149 Å².